The molecule has 0 spiro atoms. The first-order chi connectivity index (χ1) is 9.31. The van der Waals surface area contributed by atoms with Crippen molar-refractivity contribution in [1.29, 1.82) is 0 Å². The normalized spacial score (nSPS) is 16.1. The van der Waals surface area contributed by atoms with Crippen molar-refractivity contribution in [2.75, 3.05) is 21.2 Å². The number of benzene rings is 1. The second kappa shape index (κ2) is 6.57. The number of hydrogen-bond acceptors (Lipinski definition) is 4. The van der Waals surface area contributed by atoms with Crippen molar-refractivity contribution < 1.29 is 4.74 Å². The summed E-state index contributed by atoms with van der Waals surface area (Å²) in [6.45, 7) is 8.59. The van der Waals surface area contributed by atoms with Gasteiger partial charge in [0.15, 0.2) is 0 Å². The molecule has 4 nitrogen and oxygen atoms in total. The van der Waals surface area contributed by atoms with Gasteiger partial charge >= 0.3 is 0 Å². The standard InChI is InChI=1S/C16H29N3O/c1-8-16(4,19(5)6)15(18-17)14-12(3)9-11(2)10-13(14)20-7/h9-10,15,18H,8,17H2,1-7H3. The number of methoxy groups -OCH3 is 1. The lowest BCUT2D eigenvalue weighted by Gasteiger charge is -2.43. The first-order valence-electron chi connectivity index (χ1n) is 7.10. The predicted octanol–water partition coefficient (Wildman–Crippen LogP) is 2.55. The van der Waals surface area contributed by atoms with E-state index in [1.54, 1.807) is 7.11 Å². The number of likely N-dealkylation sites (N-methyl/N-ethyl adjacent to an activating group) is 1. The van der Waals surface area contributed by atoms with Gasteiger partial charge in [0.05, 0.1) is 13.2 Å². The van der Waals surface area contributed by atoms with Gasteiger partial charge in [0, 0.05) is 11.1 Å². The molecule has 2 atom stereocenters. The van der Waals surface area contributed by atoms with Crippen LogP contribution in [0, 0.1) is 13.8 Å². The van der Waals surface area contributed by atoms with E-state index in [0.29, 0.717) is 0 Å². The second-order valence-electron chi connectivity index (χ2n) is 5.90. The zero-order chi connectivity index (χ0) is 15.5. The van der Waals surface area contributed by atoms with E-state index in [2.05, 4.69) is 64.2 Å². The summed E-state index contributed by atoms with van der Waals surface area (Å²) in [4.78, 5) is 2.22. The summed E-state index contributed by atoms with van der Waals surface area (Å²) in [6, 6.07) is 4.24. The zero-order valence-corrected chi connectivity index (χ0v) is 13.9. The molecule has 0 aliphatic carbocycles. The molecule has 1 aromatic carbocycles. The molecule has 0 radical (unpaired) electrons. The van der Waals surface area contributed by atoms with Gasteiger partial charge in [-0.05, 0) is 58.5 Å². The van der Waals surface area contributed by atoms with Crippen molar-refractivity contribution in [1.82, 2.24) is 10.3 Å². The lowest BCUT2D eigenvalue weighted by molar-refractivity contribution is 0.111. The molecule has 0 saturated carbocycles. The van der Waals surface area contributed by atoms with Crippen LogP contribution in [0.3, 0.4) is 0 Å². The summed E-state index contributed by atoms with van der Waals surface area (Å²) in [5, 5.41) is 0. The van der Waals surface area contributed by atoms with Crippen molar-refractivity contribution in [3.05, 3.63) is 28.8 Å². The molecule has 0 aliphatic rings. The number of aryl methyl sites for hydroxylation is 2. The van der Waals surface area contributed by atoms with Crippen LogP contribution in [0.1, 0.15) is 43.0 Å². The molecule has 20 heavy (non-hydrogen) atoms. The SMILES string of the molecule is CCC(C)(C(NN)c1c(C)cc(C)cc1OC)N(C)C. The zero-order valence-electron chi connectivity index (χ0n) is 13.9. The highest BCUT2D eigenvalue weighted by molar-refractivity contribution is 5.46. The number of nitrogens with zero attached hydrogens (tertiary/aromatic N) is 1. The maximum atomic E-state index is 5.90. The van der Waals surface area contributed by atoms with E-state index in [4.69, 9.17) is 10.6 Å². The van der Waals surface area contributed by atoms with E-state index in [1.807, 2.05) is 0 Å². The third-order valence-electron chi connectivity index (χ3n) is 4.53. The van der Waals surface area contributed by atoms with E-state index in [0.717, 1.165) is 17.7 Å². The van der Waals surface area contributed by atoms with Crippen LogP contribution in [-0.4, -0.2) is 31.6 Å². The van der Waals surface area contributed by atoms with Crippen molar-refractivity contribution in [2.24, 2.45) is 5.84 Å². The average Bonchev–Trinajstić information content (AvgIpc) is 2.40. The van der Waals surface area contributed by atoms with Gasteiger partial charge in [-0.25, -0.2) is 0 Å². The number of rotatable bonds is 6. The third kappa shape index (κ3) is 2.97. The van der Waals surface area contributed by atoms with Crippen molar-refractivity contribution in [2.45, 2.75) is 45.7 Å². The van der Waals surface area contributed by atoms with Gasteiger partial charge in [-0.15, -0.1) is 0 Å². The molecule has 0 aliphatic heterocycles. The Kier molecular flexibility index (Phi) is 5.57. The molecule has 0 bridgehead atoms. The molecule has 0 heterocycles. The second-order valence-corrected chi connectivity index (χ2v) is 5.90. The van der Waals surface area contributed by atoms with Crippen molar-refractivity contribution in [3.8, 4) is 5.75 Å². The fourth-order valence-corrected chi connectivity index (χ4v) is 2.83. The summed E-state index contributed by atoms with van der Waals surface area (Å²) in [6.07, 6.45) is 0.978. The van der Waals surface area contributed by atoms with Crippen LogP contribution >= 0.6 is 0 Å². The Balaban J connectivity index is 3.46. The minimum atomic E-state index is -0.0952. The van der Waals surface area contributed by atoms with E-state index < -0.39 is 0 Å². The molecule has 0 saturated heterocycles. The predicted molar refractivity (Wildman–Crippen MR) is 84.9 cm³/mol. The van der Waals surface area contributed by atoms with Gasteiger partial charge in [0.1, 0.15) is 5.75 Å². The molecule has 1 rings (SSSR count). The largest absolute Gasteiger partial charge is 0.496 e. The van der Waals surface area contributed by atoms with E-state index >= 15 is 0 Å². The van der Waals surface area contributed by atoms with Crippen LogP contribution in [0.4, 0.5) is 0 Å². The minimum absolute atomic E-state index is 0.00181. The molecule has 0 fully saturated rings. The highest BCUT2D eigenvalue weighted by Crippen LogP contribution is 2.39. The molecule has 4 heteroatoms. The van der Waals surface area contributed by atoms with Crippen LogP contribution in [0.5, 0.6) is 5.75 Å². The fourth-order valence-electron chi connectivity index (χ4n) is 2.83. The topological polar surface area (TPSA) is 50.5 Å². The maximum Gasteiger partial charge on any atom is 0.124 e. The Bertz CT molecular complexity index is 459. The maximum absolute atomic E-state index is 5.90. The van der Waals surface area contributed by atoms with Crippen molar-refractivity contribution >= 4 is 0 Å². The van der Waals surface area contributed by atoms with Gasteiger partial charge < -0.3 is 9.64 Å². The lowest BCUT2D eigenvalue weighted by Crippen LogP contribution is -2.53. The van der Waals surface area contributed by atoms with Crippen molar-refractivity contribution in [3.63, 3.8) is 0 Å². The fraction of sp³-hybridized carbons (Fsp3) is 0.625. The highest BCUT2D eigenvalue weighted by Gasteiger charge is 2.37. The molecule has 114 valence electrons. The molecule has 1 aromatic rings. The third-order valence-corrected chi connectivity index (χ3v) is 4.53. The van der Waals surface area contributed by atoms with Gasteiger partial charge in [0.25, 0.3) is 0 Å². The smallest absolute Gasteiger partial charge is 0.124 e. The van der Waals surface area contributed by atoms with Gasteiger partial charge in [-0.3, -0.25) is 11.3 Å². The number of ether oxygens (including phenoxy) is 1. The van der Waals surface area contributed by atoms with Crippen LogP contribution in [0.25, 0.3) is 0 Å². The first kappa shape index (κ1) is 17.0. The van der Waals surface area contributed by atoms with Crippen LogP contribution in [0.2, 0.25) is 0 Å². The van der Waals surface area contributed by atoms with Gasteiger partial charge in [0.2, 0.25) is 0 Å². The molecular formula is C16H29N3O. The Morgan fingerprint density at radius 2 is 1.95 bits per heavy atom. The number of hydrazine groups is 1. The van der Waals surface area contributed by atoms with E-state index in [9.17, 15) is 0 Å². The minimum Gasteiger partial charge on any atom is -0.496 e. The first-order valence-corrected chi connectivity index (χ1v) is 7.10. The summed E-state index contributed by atoms with van der Waals surface area (Å²) in [5.41, 5.74) is 6.44. The molecule has 3 N–H and O–H groups in total. The molecule has 2 unspecified atom stereocenters. The number of nitrogens with one attached hydrogen (secondary N) is 1. The summed E-state index contributed by atoms with van der Waals surface area (Å²) in [7, 11) is 5.89. The number of hydrogen-bond donors (Lipinski definition) is 2. The monoisotopic (exact) mass is 279 g/mol. The number of nitrogens with two attached hydrogens (primary N) is 1. The summed E-state index contributed by atoms with van der Waals surface area (Å²) < 4.78 is 5.60. The summed E-state index contributed by atoms with van der Waals surface area (Å²) >= 11 is 0. The Hall–Kier alpha value is -1.10. The quantitative estimate of drug-likeness (QED) is 0.620. The van der Waals surface area contributed by atoms with E-state index in [1.165, 1.54) is 11.1 Å². The average molecular weight is 279 g/mol. The van der Waals surface area contributed by atoms with Gasteiger partial charge in [-0.2, -0.15) is 0 Å². The highest BCUT2D eigenvalue weighted by atomic mass is 16.5. The van der Waals surface area contributed by atoms with Crippen LogP contribution in [-0.2, 0) is 0 Å². The van der Waals surface area contributed by atoms with E-state index in [-0.39, 0.29) is 11.6 Å². The van der Waals surface area contributed by atoms with Crippen LogP contribution in [0.15, 0.2) is 12.1 Å². The Morgan fingerprint density at radius 3 is 2.35 bits per heavy atom. The van der Waals surface area contributed by atoms with Crippen LogP contribution < -0.4 is 16.0 Å². The summed E-state index contributed by atoms with van der Waals surface area (Å²) in [5.74, 6) is 6.80. The molecule has 0 aromatic heterocycles. The Labute approximate surface area is 123 Å². The molecular weight excluding hydrogens is 250 g/mol. The Morgan fingerprint density at radius 1 is 1.35 bits per heavy atom. The lowest BCUT2D eigenvalue weighted by atomic mass is 9.81. The molecule has 0 amide bonds. The van der Waals surface area contributed by atoms with Gasteiger partial charge in [-0.1, -0.05) is 13.0 Å².